The topological polar surface area (TPSA) is 78.4 Å². The number of carbonyl (C=O) groups excluding carboxylic acids is 1. The molecule has 3 N–H and O–H groups in total. The van der Waals surface area contributed by atoms with Crippen molar-refractivity contribution < 1.29 is 14.7 Å². The third-order valence-electron chi connectivity index (χ3n) is 2.92. The van der Waals surface area contributed by atoms with Crippen molar-refractivity contribution in [2.24, 2.45) is 5.92 Å². The first-order chi connectivity index (χ1) is 7.65. The molecule has 2 unspecified atom stereocenters. The normalized spacial score (nSPS) is 23.6. The Balaban J connectivity index is 2.07. The molecule has 92 valence electrons. The van der Waals surface area contributed by atoms with Crippen LogP contribution in [0.5, 0.6) is 0 Å². The predicted molar refractivity (Wildman–Crippen MR) is 60.1 cm³/mol. The zero-order valence-electron chi connectivity index (χ0n) is 9.66. The third kappa shape index (κ3) is 3.81. The number of carboxylic acid groups (broad SMARTS) is 1. The number of amides is 1. The number of nitrogens with one attached hydrogen (secondary N) is 2. The number of carbonyl (C=O) groups is 2. The van der Waals surface area contributed by atoms with E-state index in [-0.39, 0.29) is 17.9 Å². The quantitative estimate of drug-likeness (QED) is 0.587. The molecule has 1 saturated carbocycles. The van der Waals surface area contributed by atoms with Gasteiger partial charge in [0.05, 0.1) is 5.92 Å². The van der Waals surface area contributed by atoms with Crippen molar-refractivity contribution >= 4 is 11.9 Å². The molecule has 1 amide bonds. The standard InChI is InChI=1S/C11H20N2O3/c1-2-6-13-10(14)5-7-12-9-4-3-8(9)11(15)16/h8-9,12H,2-7H2,1H3,(H,13,14)(H,15,16). The molecule has 1 aliphatic rings. The second-order valence-electron chi connectivity index (χ2n) is 4.18. The van der Waals surface area contributed by atoms with Gasteiger partial charge in [0.1, 0.15) is 0 Å². The fraction of sp³-hybridized carbons (Fsp3) is 0.818. The van der Waals surface area contributed by atoms with Gasteiger partial charge in [0.15, 0.2) is 0 Å². The number of rotatable bonds is 7. The van der Waals surface area contributed by atoms with Gasteiger partial charge in [-0.25, -0.2) is 0 Å². The van der Waals surface area contributed by atoms with Crippen LogP contribution in [0.4, 0.5) is 0 Å². The maximum atomic E-state index is 11.2. The van der Waals surface area contributed by atoms with Crippen molar-refractivity contribution in [3.8, 4) is 0 Å². The van der Waals surface area contributed by atoms with Gasteiger partial charge < -0.3 is 15.7 Å². The van der Waals surface area contributed by atoms with Crippen LogP contribution < -0.4 is 10.6 Å². The van der Waals surface area contributed by atoms with Crippen LogP contribution in [0.2, 0.25) is 0 Å². The summed E-state index contributed by atoms with van der Waals surface area (Å²) in [6.45, 7) is 3.27. The van der Waals surface area contributed by atoms with Gasteiger partial charge >= 0.3 is 5.97 Å². The van der Waals surface area contributed by atoms with Crippen LogP contribution >= 0.6 is 0 Å². The van der Waals surface area contributed by atoms with Crippen molar-refractivity contribution in [1.29, 1.82) is 0 Å². The van der Waals surface area contributed by atoms with Gasteiger partial charge in [-0.05, 0) is 19.3 Å². The van der Waals surface area contributed by atoms with E-state index in [1.165, 1.54) is 0 Å². The summed E-state index contributed by atoms with van der Waals surface area (Å²) >= 11 is 0. The van der Waals surface area contributed by atoms with Crippen LogP contribution in [0.15, 0.2) is 0 Å². The summed E-state index contributed by atoms with van der Waals surface area (Å²) in [6, 6.07) is 0.0523. The minimum absolute atomic E-state index is 0.0283. The van der Waals surface area contributed by atoms with Crippen LogP contribution in [0.1, 0.15) is 32.6 Å². The molecule has 5 heteroatoms. The highest BCUT2D eigenvalue weighted by molar-refractivity contribution is 5.76. The molecule has 1 aliphatic carbocycles. The van der Waals surface area contributed by atoms with E-state index < -0.39 is 5.97 Å². The first-order valence-electron chi connectivity index (χ1n) is 5.88. The Morgan fingerprint density at radius 2 is 2.06 bits per heavy atom. The summed E-state index contributed by atoms with van der Waals surface area (Å²) in [7, 11) is 0. The molecule has 0 bridgehead atoms. The number of carboxylic acids is 1. The maximum absolute atomic E-state index is 11.2. The lowest BCUT2D eigenvalue weighted by Crippen LogP contribution is -2.48. The van der Waals surface area contributed by atoms with Crippen molar-refractivity contribution in [1.82, 2.24) is 10.6 Å². The highest BCUT2D eigenvalue weighted by atomic mass is 16.4. The van der Waals surface area contributed by atoms with E-state index in [9.17, 15) is 9.59 Å². The van der Waals surface area contributed by atoms with E-state index in [0.717, 1.165) is 19.3 Å². The van der Waals surface area contributed by atoms with E-state index in [0.29, 0.717) is 19.5 Å². The van der Waals surface area contributed by atoms with Crippen molar-refractivity contribution in [3.05, 3.63) is 0 Å². The molecule has 0 spiro atoms. The fourth-order valence-electron chi connectivity index (χ4n) is 1.76. The number of hydrogen-bond donors (Lipinski definition) is 3. The summed E-state index contributed by atoms with van der Waals surface area (Å²) in [5.41, 5.74) is 0. The molecule has 0 aromatic rings. The fourth-order valence-corrected chi connectivity index (χ4v) is 1.76. The smallest absolute Gasteiger partial charge is 0.308 e. The lowest BCUT2D eigenvalue weighted by Gasteiger charge is -2.34. The second-order valence-corrected chi connectivity index (χ2v) is 4.18. The van der Waals surface area contributed by atoms with E-state index in [2.05, 4.69) is 10.6 Å². The molecule has 1 fully saturated rings. The van der Waals surface area contributed by atoms with E-state index in [1.807, 2.05) is 6.92 Å². The van der Waals surface area contributed by atoms with Gasteiger partial charge in [0.25, 0.3) is 0 Å². The first kappa shape index (κ1) is 13.0. The molecule has 0 aromatic carbocycles. The van der Waals surface area contributed by atoms with Crippen LogP contribution in [-0.2, 0) is 9.59 Å². The highest BCUT2D eigenvalue weighted by Gasteiger charge is 2.35. The van der Waals surface area contributed by atoms with Gasteiger partial charge in [-0.1, -0.05) is 6.92 Å². The molecule has 16 heavy (non-hydrogen) atoms. The molecular weight excluding hydrogens is 208 g/mol. The molecule has 0 saturated heterocycles. The van der Waals surface area contributed by atoms with Crippen LogP contribution in [0.3, 0.4) is 0 Å². The summed E-state index contributed by atoms with van der Waals surface area (Å²) < 4.78 is 0. The minimum Gasteiger partial charge on any atom is -0.481 e. The Morgan fingerprint density at radius 3 is 2.56 bits per heavy atom. The predicted octanol–water partition coefficient (Wildman–Crippen LogP) is 0.355. The molecule has 2 atom stereocenters. The number of hydrogen-bond acceptors (Lipinski definition) is 3. The average Bonchev–Trinajstić information content (AvgIpc) is 2.18. The largest absolute Gasteiger partial charge is 0.481 e. The zero-order chi connectivity index (χ0) is 12.0. The SMILES string of the molecule is CCCNC(=O)CCNC1CCC1C(=O)O. The Bertz CT molecular complexity index is 256. The second kappa shape index (κ2) is 6.48. The van der Waals surface area contributed by atoms with Crippen LogP contribution in [-0.4, -0.2) is 36.1 Å². The Morgan fingerprint density at radius 1 is 1.31 bits per heavy atom. The molecule has 5 nitrogen and oxygen atoms in total. The molecule has 0 aromatic heterocycles. The lowest BCUT2D eigenvalue weighted by molar-refractivity contribution is -0.146. The van der Waals surface area contributed by atoms with Crippen LogP contribution in [0, 0.1) is 5.92 Å². The molecule has 0 heterocycles. The Labute approximate surface area is 95.6 Å². The average molecular weight is 228 g/mol. The van der Waals surface area contributed by atoms with Gasteiger partial charge in [-0.15, -0.1) is 0 Å². The van der Waals surface area contributed by atoms with E-state index in [1.54, 1.807) is 0 Å². The number of aliphatic carboxylic acids is 1. The molecule has 0 aliphatic heterocycles. The van der Waals surface area contributed by atoms with Gasteiger partial charge in [-0.3, -0.25) is 9.59 Å². The third-order valence-corrected chi connectivity index (χ3v) is 2.92. The van der Waals surface area contributed by atoms with Gasteiger partial charge in [0.2, 0.25) is 5.91 Å². The maximum Gasteiger partial charge on any atom is 0.308 e. The zero-order valence-corrected chi connectivity index (χ0v) is 9.66. The summed E-state index contributed by atoms with van der Waals surface area (Å²) in [4.78, 5) is 21.9. The molecular formula is C11H20N2O3. The highest BCUT2D eigenvalue weighted by Crippen LogP contribution is 2.27. The van der Waals surface area contributed by atoms with Crippen molar-refractivity contribution in [2.45, 2.75) is 38.6 Å². The molecule has 1 rings (SSSR count). The first-order valence-corrected chi connectivity index (χ1v) is 5.88. The van der Waals surface area contributed by atoms with Gasteiger partial charge in [-0.2, -0.15) is 0 Å². The lowest BCUT2D eigenvalue weighted by atomic mass is 9.79. The van der Waals surface area contributed by atoms with Crippen LogP contribution in [0.25, 0.3) is 0 Å². The minimum atomic E-state index is -0.737. The van der Waals surface area contributed by atoms with E-state index >= 15 is 0 Å². The van der Waals surface area contributed by atoms with Crippen molar-refractivity contribution in [3.63, 3.8) is 0 Å². The Kier molecular flexibility index (Phi) is 5.25. The summed E-state index contributed by atoms with van der Waals surface area (Å²) in [5, 5.41) is 14.7. The Hall–Kier alpha value is -1.10. The van der Waals surface area contributed by atoms with Gasteiger partial charge in [0, 0.05) is 25.6 Å². The van der Waals surface area contributed by atoms with Crippen molar-refractivity contribution in [2.75, 3.05) is 13.1 Å². The monoisotopic (exact) mass is 228 g/mol. The molecule has 0 radical (unpaired) electrons. The van der Waals surface area contributed by atoms with E-state index in [4.69, 9.17) is 5.11 Å². The summed E-state index contributed by atoms with van der Waals surface area (Å²) in [6.07, 6.45) is 2.99. The summed E-state index contributed by atoms with van der Waals surface area (Å²) in [5.74, 6) is -0.974.